The minimum atomic E-state index is -3.15. The van der Waals surface area contributed by atoms with Gasteiger partial charge < -0.3 is 5.32 Å². The Balaban J connectivity index is 4.81. The van der Waals surface area contributed by atoms with Gasteiger partial charge in [0.2, 0.25) is 10.0 Å². The highest BCUT2D eigenvalue weighted by Gasteiger charge is 2.29. The van der Waals surface area contributed by atoms with Gasteiger partial charge in [-0.3, -0.25) is 0 Å². The van der Waals surface area contributed by atoms with Gasteiger partial charge in [-0.25, -0.2) is 8.42 Å². The third kappa shape index (κ3) is 3.74. The molecule has 0 amide bonds. The van der Waals surface area contributed by atoms with E-state index in [0.717, 1.165) is 6.42 Å². The zero-order chi connectivity index (χ0) is 12.1. The van der Waals surface area contributed by atoms with Gasteiger partial charge in [-0.2, -0.15) is 4.31 Å². The Morgan fingerprint density at radius 2 is 1.80 bits per heavy atom. The van der Waals surface area contributed by atoms with E-state index in [1.54, 1.807) is 18.3 Å². The molecule has 0 fully saturated rings. The van der Waals surface area contributed by atoms with Gasteiger partial charge in [0.25, 0.3) is 0 Å². The number of sulfonamides is 1. The van der Waals surface area contributed by atoms with Crippen LogP contribution in [0.2, 0.25) is 0 Å². The van der Waals surface area contributed by atoms with Crippen LogP contribution in [0, 0.1) is 0 Å². The van der Waals surface area contributed by atoms with Crippen molar-refractivity contribution in [2.45, 2.75) is 45.4 Å². The number of hydrogen-bond donors (Lipinski definition) is 1. The summed E-state index contributed by atoms with van der Waals surface area (Å²) in [7, 11) is -1.38. The molecular formula is C10H24N2O2S. The molecular weight excluding hydrogens is 212 g/mol. The van der Waals surface area contributed by atoms with Gasteiger partial charge >= 0.3 is 0 Å². The lowest BCUT2D eigenvalue weighted by Gasteiger charge is -2.29. The maximum absolute atomic E-state index is 12.1. The Morgan fingerprint density at radius 3 is 2.13 bits per heavy atom. The van der Waals surface area contributed by atoms with Gasteiger partial charge in [-0.1, -0.05) is 13.8 Å². The van der Waals surface area contributed by atoms with E-state index in [2.05, 4.69) is 5.32 Å². The zero-order valence-electron chi connectivity index (χ0n) is 10.4. The van der Waals surface area contributed by atoms with Crippen molar-refractivity contribution in [3.63, 3.8) is 0 Å². The molecule has 0 rings (SSSR count). The predicted octanol–water partition coefficient (Wildman–Crippen LogP) is 1.04. The summed E-state index contributed by atoms with van der Waals surface area (Å²) in [6.07, 6.45) is 0.847. The molecule has 4 nitrogen and oxygen atoms in total. The molecule has 0 heterocycles. The third-order valence-electron chi connectivity index (χ3n) is 2.72. The molecule has 0 saturated heterocycles. The number of rotatable bonds is 7. The molecule has 0 saturated carbocycles. The average Bonchev–Trinajstić information content (AvgIpc) is 2.18. The van der Waals surface area contributed by atoms with Crippen LogP contribution in [0.15, 0.2) is 0 Å². The molecule has 5 heteroatoms. The van der Waals surface area contributed by atoms with Gasteiger partial charge in [0.05, 0.1) is 5.25 Å². The van der Waals surface area contributed by atoms with Crippen molar-refractivity contribution in [1.29, 1.82) is 0 Å². The molecule has 92 valence electrons. The smallest absolute Gasteiger partial charge is 0.218 e. The second-order valence-electron chi connectivity index (χ2n) is 3.87. The maximum Gasteiger partial charge on any atom is 0.218 e. The minimum absolute atomic E-state index is 0.0827. The van der Waals surface area contributed by atoms with E-state index >= 15 is 0 Å². The largest absolute Gasteiger partial charge is 0.318 e. The summed E-state index contributed by atoms with van der Waals surface area (Å²) in [5, 5.41) is 2.54. The molecule has 2 unspecified atom stereocenters. The van der Waals surface area contributed by atoms with Crippen molar-refractivity contribution in [1.82, 2.24) is 9.62 Å². The zero-order valence-corrected chi connectivity index (χ0v) is 11.3. The van der Waals surface area contributed by atoms with E-state index in [-0.39, 0.29) is 11.3 Å². The third-order valence-corrected chi connectivity index (χ3v) is 5.18. The first-order valence-electron chi connectivity index (χ1n) is 5.57. The van der Waals surface area contributed by atoms with E-state index in [4.69, 9.17) is 0 Å². The van der Waals surface area contributed by atoms with Crippen molar-refractivity contribution in [2.24, 2.45) is 0 Å². The molecule has 0 aromatic heterocycles. The van der Waals surface area contributed by atoms with Crippen LogP contribution in [0.4, 0.5) is 0 Å². The molecule has 1 N–H and O–H groups in total. The fourth-order valence-electron chi connectivity index (χ4n) is 1.57. The summed E-state index contributed by atoms with van der Waals surface area (Å²) < 4.78 is 25.9. The molecule has 0 aliphatic heterocycles. The lowest BCUT2D eigenvalue weighted by atomic mass is 10.3. The lowest BCUT2D eigenvalue weighted by molar-refractivity contribution is 0.338. The fourth-order valence-corrected chi connectivity index (χ4v) is 3.42. The van der Waals surface area contributed by atoms with E-state index in [9.17, 15) is 8.42 Å². The molecule has 0 aromatic rings. The van der Waals surface area contributed by atoms with Crippen molar-refractivity contribution < 1.29 is 8.42 Å². The highest BCUT2D eigenvalue weighted by atomic mass is 32.2. The molecule has 15 heavy (non-hydrogen) atoms. The summed E-state index contributed by atoms with van der Waals surface area (Å²) in [5.74, 6) is 0. The highest BCUT2D eigenvalue weighted by molar-refractivity contribution is 7.89. The van der Waals surface area contributed by atoms with Crippen LogP contribution in [0.5, 0.6) is 0 Å². The number of nitrogens with zero attached hydrogens (tertiary/aromatic N) is 1. The average molecular weight is 236 g/mol. The van der Waals surface area contributed by atoms with Crippen LogP contribution in [0.3, 0.4) is 0 Å². The second-order valence-corrected chi connectivity index (χ2v) is 6.18. The molecule has 0 spiro atoms. The standard InChI is InChI=1S/C10H24N2O2S/c1-6-9(3)12(7-2)15(13,14)10(4)8-11-5/h9-11H,6-8H2,1-5H3. The van der Waals surface area contributed by atoms with Crippen LogP contribution < -0.4 is 5.32 Å². The second kappa shape index (κ2) is 6.45. The van der Waals surface area contributed by atoms with Gasteiger partial charge in [-0.15, -0.1) is 0 Å². The first-order chi connectivity index (χ1) is 6.91. The van der Waals surface area contributed by atoms with Crippen molar-refractivity contribution in [3.05, 3.63) is 0 Å². The molecule has 0 bridgehead atoms. The maximum atomic E-state index is 12.1. The van der Waals surface area contributed by atoms with Crippen molar-refractivity contribution in [2.75, 3.05) is 20.1 Å². The van der Waals surface area contributed by atoms with Crippen LogP contribution in [0.25, 0.3) is 0 Å². The van der Waals surface area contributed by atoms with E-state index in [1.165, 1.54) is 0 Å². The highest BCUT2D eigenvalue weighted by Crippen LogP contribution is 2.14. The SMILES string of the molecule is CCC(C)N(CC)S(=O)(=O)C(C)CNC. The molecule has 2 atom stereocenters. The number of nitrogens with one attached hydrogen (secondary N) is 1. The quantitative estimate of drug-likeness (QED) is 0.718. The van der Waals surface area contributed by atoms with Gasteiger partial charge in [0.15, 0.2) is 0 Å². The first-order valence-corrected chi connectivity index (χ1v) is 7.07. The topological polar surface area (TPSA) is 49.4 Å². The summed E-state index contributed by atoms with van der Waals surface area (Å²) in [5.41, 5.74) is 0. The van der Waals surface area contributed by atoms with E-state index < -0.39 is 10.0 Å². The van der Waals surface area contributed by atoms with Crippen molar-refractivity contribution >= 4 is 10.0 Å². The Labute approximate surface area is 94.1 Å². The van der Waals surface area contributed by atoms with Crippen LogP contribution in [-0.2, 0) is 10.0 Å². The van der Waals surface area contributed by atoms with Crippen LogP contribution >= 0.6 is 0 Å². The van der Waals surface area contributed by atoms with Crippen LogP contribution in [0.1, 0.15) is 34.1 Å². The van der Waals surface area contributed by atoms with Gasteiger partial charge in [-0.05, 0) is 27.3 Å². The normalized spacial score (nSPS) is 16.7. The van der Waals surface area contributed by atoms with E-state index in [0.29, 0.717) is 13.1 Å². The lowest BCUT2D eigenvalue weighted by Crippen LogP contribution is -2.45. The van der Waals surface area contributed by atoms with Crippen LogP contribution in [-0.4, -0.2) is 44.2 Å². The monoisotopic (exact) mass is 236 g/mol. The predicted molar refractivity (Wildman–Crippen MR) is 64.4 cm³/mol. The molecule has 0 aliphatic carbocycles. The summed E-state index contributed by atoms with van der Waals surface area (Å²) in [6.45, 7) is 8.63. The van der Waals surface area contributed by atoms with E-state index in [1.807, 2.05) is 20.8 Å². The molecule has 0 aliphatic rings. The Hall–Kier alpha value is -0.130. The van der Waals surface area contributed by atoms with Gasteiger partial charge in [0, 0.05) is 19.1 Å². The summed E-state index contributed by atoms with van der Waals surface area (Å²) >= 11 is 0. The fraction of sp³-hybridized carbons (Fsp3) is 1.00. The molecule has 0 aromatic carbocycles. The van der Waals surface area contributed by atoms with Crippen molar-refractivity contribution in [3.8, 4) is 0 Å². The van der Waals surface area contributed by atoms with Gasteiger partial charge in [0.1, 0.15) is 0 Å². The Morgan fingerprint density at radius 1 is 1.27 bits per heavy atom. The minimum Gasteiger partial charge on any atom is -0.318 e. The first kappa shape index (κ1) is 14.9. The molecule has 0 radical (unpaired) electrons. The number of hydrogen-bond acceptors (Lipinski definition) is 3. The Bertz CT molecular complexity index is 265. The summed E-state index contributed by atoms with van der Waals surface area (Å²) in [6, 6.07) is 0.0827. The summed E-state index contributed by atoms with van der Waals surface area (Å²) in [4.78, 5) is 0. The Kier molecular flexibility index (Phi) is 6.40.